The number of fused-ring (bicyclic) bond motifs is 1. The first-order valence-electron chi connectivity index (χ1n) is 6.97. The Morgan fingerprint density at radius 3 is 2.61 bits per heavy atom. The van der Waals surface area contributed by atoms with Crippen LogP contribution in [-0.4, -0.2) is 46.7 Å². The van der Waals surface area contributed by atoms with Gasteiger partial charge >= 0.3 is 17.8 Å². The SMILES string of the molecule is CC1(C)Cc2c(sc(NC(=O)C(=O)NCCO)c2C(=O)O)CO1. The highest BCUT2D eigenvalue weighted by molar-refractivity contribution is 7.17. The molecule has 2 rings (SSSR count). The van der Waals surface area contributed by atoms with Gasteiger partial charge in [-0.2, -0.15) is 0 Å². The summed E-state index contributed by atoms with van der Waals surface area (Å²) in [5, 5.41) is 22.7. The molecule has 0 bridgehead atoms. The molecule has 126 valence electrons. The zero-order valence-electron chi connectivity index (χ0n) is 12.8. The van der Waals surface area contributed by atoms with Gasteiger partial charge in [-0.15, -0.1) is 11.3 Å². The Hall–Kier alpha value is -1.97. The van der Waals surface area contributed by atoms with Crippen molar-refractivity contribution >= 4 is 34.1 Å². The average Bonchev–Trinajstić information content (AvgIpc) is 2.80. The van der Waals surface area contributed by atoms with Crippen LogP contribution in [0.4, 0.5) is 5.00 Å². The molecule has 4 N–H and O–H groups in total. The molecule has 0 radical (unpaired) electrons. The first-order valence-corrected chi connectivity index (χ1v) is 7.78. The van der Waals surface area contributed by atoms with E-state index in [2.05, 4.69) is 10.6 Å². The maximum Gasteiger partial charge on any atom is 0.339 e. The molecule has 1 aromatic heterocycles. The molecule has 0 atom stereocenters. The van der Waals surface area contributed by atoms with E-state index in [1.165, 1.54) is 0 Å². The minimum absolute atomic E-state index is 0.00434. The highest BCUT2D eigenvalue weighted by Crippen LogP contribution is 2.40. The predicted octanol–water partition coefficient (Wildman–Crippen LogP) is 0.345. The highest BCUT2D eigenvalue weighted by atomic mass is 32.1. The summed E-state index contributed by atoms with van der Waals surface area (Å²) in [7, 11) is 0. The number of aliphatic hydroxyl groups is 1. The van der Waals surface area contributed by atoms with Crippen LogP contribution in [0, 0.1) is 0 Å². The molecule has 0 fully saturated rings. The first kappa shape index (κ1) is 17.4. The summed E-state index contributed by atoms with van der Waals surface area (Å²) in [6, 6.07) is 0. The van der Waals surface area contributed by atoms with Crippen LogP contribution in [0.2, 0.25) is 0 Å². The number of rotatable bonds is 4. The molecule has 0 spiro atoms. The molecule has 0 saturated heterocycles. The Bertz CT molecular complexity index is 652. The van der Waals surface area contributed by atoms with E-state index in [9.17, 15) is 19.5 Å². The number of carbonyl (C=O) groups is 3. The van der Waals surface area contributed by atoms with E-state index in [-0.39, 0.29) is 30.3 Å². The summed E-state index contributed by atoms with van der Waals surface area (Å²) in [4.78, 5) is 35.6. The van der Waals surface area contributed by atoms with Crippen molar-refractivity contribution in [3.8, 4) is 0 Å². The van der Waals surface area contributed by atoms with E-state index in [1.807, 2.05) is 13.8 Å². The third kappa shape index (κ3) is 3.87. The topological polar surface area (TPSA) is 125 Å². The molecule has 9 heteroatoms. The molecule has 0 aliphatic carbocycles. The molecule has 0 saturated carbocycles. The minimum atomic E-state index is -1.16. The number of carboxylic acids is 1. The van der Waals surface area contributed by atoms with Crippen LogP contribution >= 0.6 is 11.3 Å². The lowest BCUT2D eigenvalue weighted by atomic mass is 9.93. The van der Waals surface area contributed by atoms with Crippen LogP contribution < -0.4 is 10.6 Å². The van der Waals surface area contributed by atoms with Crippen molar-refractivity contribution < 1.29 is 29.3 Å². The summed E-state index contributed by atoms with van der Waals surface area (Å²) in [6.45, 7) is 3.64. The molecular formula is C14H18N2O6S. The van der Waals surface area contributed by atoms with Crippen molar-refractivity contribution in [3.63, 3.8) is 0 Å². The molecule has 23 heavy (non-hydrogen) atoms. The van der Waals surface area contributed by atoms with Gasteiger partial charge in [0, 0.05) is 17.8 Å². The Balaban J connectivity index is 2.26. The second-order valence-corrected chi connectivity index (χ2v) is 6.78. The number of amides is 2. The van der Waals surface area contributed by atoms with E-state index in [1.54, 1.807) is 0 Å². The number of nitrogens with one attached hydrogen (secondary N) is 2. The van der Waals surface area contributed by atoms with Gasteiger partial charge in [0.25, 0.3) is 0 Å². The Kier molecular flexibility index (Phi) is 5.03. The van der Waals surface area contributed by atoms with Crippen molar-refractivity contribution in [2.75, 3.05) is 18.5 Å². The van der Waals surface area contributed by atoms with Crippen LogP contribution in [-0.2, 0) is 27.4 Å². The summed E-state index contributed by atoms with van der Waals surface area (Å²) in [6.07, 6.45) is 0.410. The smallest absolute Gasteiger partial charge is 0.339 e. The summed E-state index contributed by atoms with van der Waals surface area (Å²) in [5.41, 5.74) is 0.146. The maximum atomic E-state index is 11.8. The van der Waals surface area contributed by atoms with Gasteiger partial charge < -0.3 is 25.6 Å². The van der Waals surface area contributed by atoms with Gasteiger partial charge in [-0.3, -0.25) is 9.59 Å². The van der Waals surface area contributed by atoms with Gasteiger partial charge in [0.05, 0.1) is 24.4 Å². The molecule has 1 aliphatic heterocycles. The third-order valence-corrected chi connectivity index (χ3v) is 4.45. The van der Waals surface area contributed by atoms with E-state index < -0.39 is 23.4 Å². The second-order valence-electron chi connectivity index (χ2n) is 5.67. The highest BCUT2D eigenvalue weighted by Gasteiger charge is 2.34. The van der Waals surface area contributed by atoms with Crippen LogP contribution in [0.1, 0.15) is 34.6 Å². The lowest BCUT2D eigenvalue weighted by molar-refractivity contribution is -0.136. The first-order chi connectivity index (χ1) is 10.7. The Morgan fingerprint density at radius 2 is 2.00 bits per heavy atom. The predicted molar refractivity (Wildman–Crippen MR) is 82.6 cm³/mol. The molecule has 1 aliphatic rings. The lowest BCUT2D eigenvalue weighted by Gasteiger charge is -2.30. The number of hydrogen-bond donors (Lipinski definition) is 4. The molecule has 0 unspecified atom stereocenters. The van der Waals surface area contributed by atoms with Crippen LogP contribution in [0.15, 0.2) is 0 Å². The fourth-order valence-electron chi connectivity index (χ4n) is 2.28. The van der Waals surface area contributed by atoms with E-state index in [4.69, 9.17) is 9.84 Å². The standard InChI is InChI=1S/C14H18N2O6S/c1-14(2)5-7-8(6-22-14)23-12(9(7)13(20)21)16-11(19)10(18)15-3-4-17/h17H,3-6H2,1-2H3,(H,15,18)(H,16,19)(H,20,21). The number of ether oxygens (including phenoxy) is 1. The molecule has 8 nitrogen and oxygen atoms in total. The average molecular weight is 342 g/mol. The van der Waals surface area contributed by atoms with Gasteiger partial charge in [-0.25, -0.2) is 4.79 Å². The van der Waals surface area contributed by atoms with E-state index in [0.717, 1.165) is 16.2 Å². The van der Waals surface area contributed by atoms with Crippen molar-refractivity contribution in [1.29, 1.82) is 0 Å². The van der Waals surface area contributed by atoms with Crippen LogP contribution in [0.25, 0.3) is 0 Å². The number of hydrogen-bond acceptors (Lipinski definition) is 6. The molecule has 2 heterocycles. The summed E-state index contributed by atoms with van der Waals surface area (Å²) < 4.78 is 5.64. The molecule has 1 aromatic rings. The Morgan fingerprint density at radius 1 is 1.30 bits per heavy atom. The van der Waals surface area contributed by atoms with E-state index >= 15 is 0 Å². The third-order valence-electron chi connectivity index (χ3n) is 3.33. The molecule has 0 aromatic carbocycles. The lowest BCUT2D eigenvalue weighted by Crippen LogP contribution is -2.37. The molecule has 2 amide bonds. The Labute approximate surface area is 136 Å². The van der Waals surface area contributed by atoms with Crippen LogP contribution in [0.3, 0.4) is 0 Å². The monoisotopic (exact) mass is 342 g/mol. The fraction of sp³-hybridized carbons (Fsp3) is 0.500. The van der Waals surface area contributed by atoms with Crippen molar-refractivity contribution in [2.24, 2.45) is 0 Å². The number of aromatic carboxylic acids is 1. The van der Waals surface area contributed by atoms with Gasteiger partial charge in [-0.1, -0.05) is 0 Å². The van der Waals surface area contributed by atoms with Gasteiger partial charge in [0.2, 0.25) is 0 Å². The summed E-state index contributed by atoms with van der Waals surface area (Å²) in [5.74, 6) is -3.07. The fourth-order valence-corrected chi connectivity index (χ4v) is 3.40. The maximum absolute atomic E-state index is 11.8. The van der Waals surface area contributed by atoms with Gasteiger partial charge in [-0.05, 0) is 19.4 Å². The second kappa shape index (κ2) is 6.65. The normalized spacial score (nSPS) is 15.6. The van der Waals surface area contributed by atoms with Crippen molar-refractivity contribution in [2.45, 2.75) is 32.5 Å². The minimum Gasteiger partial charge on any atom is -0.478 e. The van der Waals surface area contributed by atoms with E-state index in [0.29, 0.717) is 12.0 Å². The number of carboxylic acid groups (broad SMARTS) is 1. The van der Waals surface area contributed by atoms with Gasteiger partial charge in [0.15, 0.2) is 0 Å². The quantitative estimate of drug-likeness (QED) is 0.585. The number of anilines is 1. The molecular weight excluding hydrogens is 324 g/mol. The van der Waals surface area contributed by atoms with Crippen molar-refractivity contribution in [3.05, 3.63) is 16.0 Å². The van der Waals surface area contributed by atoms with Gasteiger partial charge in [0.1, 0.15) is 5.00 Å². The van der Waals surface area contributed by atoms with Crippen LogP contribution in [0.5, 0.6) is 0 Å². The van der Waals surface area contributed by atoms with Crippen molar-refractivity contribution in [1.82, 2.24) is 5.32 Å². The number of thiophene rings is 1. The number of aliphatic hydroxyl groups excluding tert-OH is 1. The zero-order chi connectivity index (χ0) is 17.2. The summed E-state index contributed by atoms with van der Waals surface area (Å²) >= 11 is 1.09. The zero-order valence-corrected chi connectivity index (χ0v) is 13.6. The largest absolute Gasteiger partial charge is 0.478 e. The number of carbonyl (C=O) groups excluding carboxylic acids is 2.